The van der Waals surface area contributed by atoms with Crippen molar-refractivity contribution in [3.63, 3.8) is 0 Å². The minimum Gasteiger partial charge on any atom is -0.493 e. The first-order chi connectivity index (χ1) is 38.8. The second-order valence-electron chi connectivity index (χ2n) is 19.2. The minimum atomic E-state index is -2.97. The number of fused-ring (bicyclic) bond motifs is 2. The van der Waals surface area contributed by atoms with Crippen LogP contribution < -0.4 is 63.6 Å². The van der Waals surface area contributed by atoms with E-state index in [4.69, 9.17) is 20.6 Å². The summed E-state index contributed by atoms with van der Waals surface area (Å²) in [6.45, 7) is 2.57. The third kappa shape index (κ3) is 14.9. The number of hydrogen-bond acceptors (Lipinski definition) is 16. The quantitative estimate of drug-likeness (QED) is 0.0370. The van der Waals surface area contributed by atoms with Crippen molar-refractivity contribution >= 4 is 27.6 Å². The number of benzene rings is 4. The van der Waals surface area contributed by atoms with E-state index in [9.17, 15) is 41.9 Å². The first kappa shape index (κ1) is 62.4. The second-order valence-corrected chi connectivity index (χ2v) is 19.2. The van der Waals surface area contributed by atoms with Gasteiger partial charge in [0.25, 0.3) is 0 Å². The van der Waals surface area contributed by atoms with Crippen molar-refractivity contribution in [3.05, 3.63) is 212 Å². The Morgan fingerprint density at radius 2 is 1.01 bits per heavy atom. The van der Waals surface area contributed by atoms with Gasteiger partial charge in [0.2, 0.25) is 11.9 Å². The number of halogens is 4. The van der Waals surface area contributed by atoms with Gasteiger partial charge >= 0.3 is 36.0 Å². The Bertz CT molecular complexity index is 3950. The third-order valence-electron chi connectivity index (χ3n) is 13.6. The van der Waals surface area contributed by atoms with Gasteiger partial charge in [-0.2, -0.15) is 42.2 Å². The summed E-state index contributed by atoms with van der Waals surface area (Å²) in [5, 5.41) is 24.5. The van der Waals surface area contributed by atoms with Crippen molar-refractivity contribution in [3.8, 4) is 23.0 Å². The van der Waals surface area contributed by atoms with Crippen LogP contribution in [-0.4, -0.2) is 69.6 Å². The number of nitrogens with zero attached hydrogens (tertiary/aromatic N) is 8. The number of alkyl halides is 4. The van der Waals surface area contributed by atoms with E-state index < -0.39 is 36.0 Å². The third-order valence-corrected chi connectivity index (χ3v) is 13.6. The first-order valence-corrected chi connectivity index (χ1v) is 25.4. The van der Waals surface area contributed by atoms with E-state index in [1.807, 2.05) is 50.2 Å². The fourth-order valence-electron chi connectivity index (χ4n) is 9.48. The van der Waals surface area contributed by atoms with Gasteiger partial charge in [-0.05, 0) is 121 Å². The van der Waals surface area contributed by atoms with E-state index >= 15 is 0 Å². The van der Waals surface area contributed by atoms with Crippen LogP contribution in [0.4, 0.5) is 35.3 Å². The summed E-state index contributed by atoms with van der Waals surface area (Å²) in [5.74, 6) is 1.86. The molecule has 2 aliphatic rings. The zero-order valence-electron chi connectivity index (χ0n) is 45.6. The van der Waals surface area contributed by atoms with Crippen molar-refractivity contribution < 1.29 is 72.8 Å². The van der Waals surface area contributed by atoms with E-state index in [1.54, 1.807) is 38.1 Å². The molecular weight excluding hydrogens is 1330 g/mol. The van der Waals surface area contributed by atoms with Crippen LogP contribution in [-0.2, 0) is 52.1 Å². The summed E-state index contributed by atoms with van der Waals surface area (Å²) in [4.78, 5) is 66.3. The molecule has 0 radical (unpaired) electrons. The van der Waals surface area contributed by atoms with Crippen LogP contribution in [0, 0.1) is 64.2 Å². The number of aryl methyl sites for hydroxylation is 4. The van der Waals surface area contributed by atoms with Crippen LogP contribution in [0.2, 0.25) is 0 Å². The van der Waals surface area contributed by atoms with Crippen molar-refractivity contribution in [2.75, 3.05) is 29.6 Å². The summed E-state index contributed by atoms with van der Waals surface area (Å²) >= 11 is 0. The molecule has 6 heterocycles. The Hall–Kier alpha value is -8.20. The topological polar surface area (TPSA) is 263 Å². The van der Waals surface area contributed by atoms with Gasteiger partial charge in [0, 0.05) is 73.9 Å². The van der Waals surface area contributed by atoms with Gasteiger partial charge in [-0.1, -0.05) is 48.5 Å². The summed E-state index contributed by atoms with van der Waals surface area (Å²) in [6.07, 6.45) is 1.49. The molecule has 1 atom stereocenters. The van der Waals surface area contributed by atoms with Gasteiger partial charge in [-0.25, -0.2) is 33.3 Å². The predicted molar refractivity (Wildman–Crippen MR) is 300 cm³/mol. The molecule has 0 bridgehead atoms. The molecule has 0 amide bonds. The van der Waals surface area contributed by atoms with Gasteiger partial charge in [0.05, 0.1) is 45.1 Å². The predicted octanol–water partition coefficient (Wildman–Crippen LogP) is 6.09. The molecule has 0 saturated heterocycles. The number of pyridine rings is 2. The van der Waals surface area contributed by atoms with E-state index in [2.05, 4.69) is 35.1 Å². The summed E-state index contributed by atoms with van der Waals surface area (Å²) in [5.41, 5.74) is 12.0. The Morgan fingerprint density at radius 1 is 0.602 bits per heavy atom. The number of nitrogens with two attached hydrogens (primary N) is 1. The molecule has 27 heteroatoms. The molecule has 0 spiro atoms. The standard InChI is InChI=1S/C28H28F2N6O5.C28H28F2N6O4.H3P.U/c1-16-11-17(2)36(39)24(31)22(16)13-32-26-33-27(37)35(15-19-5-8-23-20(12-19)9-10-40-23)28(38)34(26)14-18-3-6-21(7-4-18)41-25(29)30;1-16-11-17(2)33-24(31)22(16)13-32-26-34-27(37)36(15-19-5-8-23-20(12-19)9-10-39-23)28(38)35(26)14-18-3-6-21(7-4-18)40-25(29)30;;/h3-8,11-12,25,31,39H,9-10,13-15H2,1-2H3,(H,32,33,37);3-8,11-12,25H,9-10,13-15H2,1-2H3,(H2,31,33)(H,32,34,37);1H3;. The summed E-state index contributed by atoms with van der Waals surface area (Å²) < 4.78 is 75.6. The smallest absolute Gasteiger partial charge is 0.387 e. The zero-order valence-corrected chi connectivity index (χ0v) is 51.1. The fourth-order valence-corrected chi connectivity index (χ4v) is 9.48. The SMILES string of the molecule is Cc1cc(C)c(CNc2nc(=O)n(Cc3ccc4c(c3)CCO4)c(=O)n2Cc2ccc(OC(F)F)cc2)c(N)n1.Cc1cc(C)n(O)c(=N)c1CNc1nc(=O)n(Cc2ccc3c(c2)CCO3)c(=O)n1Cc1ccc(OC(F)F)cc1.P.[U]. The normalized spacial score (nSPS) is 12.0. The second kappa shape index (κ2) is 27.3. The van der Waals surface area contributed by atoms with Crippen LogP contribution in [0.15, 0.2) is 116 Å². The average Bonchev–Trinajstić information content (AvgIpc) is 4.01. The molecule has 0 saturated carbocycles. The monoisotopic (exact) mass is 1390 g/mol. The zero-order chi connectivity index (χ0) is 57.6. The Morgan fingerprint density at radius 3 is 1.45 bits per heavy atom. The maximum Gasteiger partial charge on any atom is 0.387 e. The van der Waals surface area contributed by atoms with Crippen molar-refractivity contribution in [2.45, 2.75) is 93.0 Å². The molecule has 4 aromatic heterocycles. The fraction of sp³-hybridized carbons (Fsp3) is 0.286. The number of ether oxygens (including phenoxy) is 4. The minimum absolute atomic E-state index is 0. The molecule has 10 rings (SSSR count). The van der Waals surface area contributed by atoms with Gasteiger partial charge in [-0.15, -0.1) is 0 Å². The molecule has 21 nitrogen and oxygen atoms in total. The van der Waals surface area contributed by atoms with E-state index in [1.165, 1.54) is 45.5 Å². The summed E-state index contributed by atoms with van der Waals surface area (Å²) in [6, 6.07) is 26.3. The molecule has 434 valence electrons. The molecule has 6 N–H and O–H groups in total. The van der Waals surface area contributed by atoms with Crippen molar-refractivity contribution in [2.24, 2.45) is 0 Å². The number of nitrogen functional groups attached to an aromatic ring is 1. The maximum atomic E-state index is 13.7. The summed E-state index contributed by atoms with van der Waals surface area (Å²) in [7, 11) is 0. The number of aromatic nitrogens is 8. The number of hydrogen-bond donors (Lipinski definition) is 5. The van der Waals surface area contributed by atoms with Crippen molar-refractivity contribution in [1.29, 1.82) is 5.41 Å². The van der Waals surface area contributed by atoms with E-state index in [-0.39, 0.29) is 109 Å². The number of anilines is 3. The maximum absolute atomic E-state index is 13.7. The molecular formula is C56H59F4N12O9PU. The molecule has 0 aliphatic carbocycles. The molecule has 4 aromatic carbocycles. The number of nitrogens with one attached hydrogen (secondary N) is 3. The average molecular weight is 1390 g/mol. The van der Waals surface area contributed by atoms with Crippen LogP contribution in [0.3, 0.4) is 0 Å². The van der Waals surface area contributed by atoms with Gasteiger partial charge in [0.15, 0.2) is 5.49 Å². The van der Waals surface area contributed by atoms with Gasteiger partial charge in [0.1, 0.15) is 28.8 Å². The van der Waals surface area contributed by atoms with E-state index in [0.29, 0.717) is 47.0 Å². The molecule has 1 unspecified atom stereocenters. The van der Waals surface area contributed by atoms with Crippen LogP contribution in [0.1, 0.15) is 67.0 Å². The van der Waals surface area contributed by atoms with Crippen LogP contribution >= 0.6 is 9.90 Å². The Balaban J connectivity index is 0.000000233. The van der Waals surface area contributed by atoms with Gasteiger partial charge < -0.3 is 40.5 Å². The molecule has 83 heavy (non-hydrogen) atoms. The molecule has 8 aromatic rings. The van der Waals surface area contributed by atoms with Crippen LogP contribution in [0.5, 0.6) is 23.0 Å². The largest absolute Gasteiger partial charge is 0.493 e. The van der Waals surface area contributed by atoms with Gasteiger partial charge in [-0.3, -0.25) is 14.5 Å². The van der Waals surface area contributed by atoms with Crippen LogP contribution in [0.25, 0.3) is 0 Å². The molecule has 2 aliphatic heterocycles. The first-order valence-electron chi connectivity index (χ1n) is 25.4. The molecule has 0 fully saturated rings. The Labute approximate surface area is 498 Å². The number of rotatable bonds is 18. The van der Waals surface area contributed by atoms with E-state index in [0.717, 1.165) is 77.3 Å². The van der Waals surface area contributed by atoms with Crippen molar-refractivity contribution in [1.82, 2.24) is 38.0 Å². The Kier molecular flexibility index (Phi) is 20.5.